The first-order valence-electron chi connectivity index (χ1n) is 8.15. The summed E-state index contributed by atoms with van der Waals surface area (Å²) in [4.78, 5) is 11.0. The number of anilines is 1. The number of halogens is 1. The highest BCUT2D eigenvalue weighted by atomic mass is 19.1. The molecule has 0 spiro atoms. The van der Waals surface area contributed by atoms with Gasteiger partial charge in [0.05, 0.1) is 6.54 Å². The summed E-state index contributed by atoms with van der Waals surface area (Å²) in [5, 5.41) is 0. The van der Waals surface area contributed by atoms with Crippen molar-refractivity contribution < 1.29 is 8.81 Å². The van der Waals surface area contributed by atoms with Crippen LogP contribution in [0, 0.1) is 18.2 Å². The third-order valence-corrected chi connectivity index (χ3v) is 4.25. The van der Waals surface area contributed by atoms with Crippen LogP contribution in [0.1, 0.15) is 23.4 Å². The van der Waals surface area contributed by atoms with E-state index >= 15 is 0 Å². The zero-order valence-electron chi connectivity index (χ0n) is 13.6. The summed E-state index contributed by atoms with van der Waals surface area (Å²) in [7, 11) is 0. The number of rotatable bonds is 2. The van der Waals surface area contributed by atoms with E-state index in [4.69, 9.17) is 10.8 Å². The fourth-order valence-electron chi connectivity index (χ4n) is 3.05. The van der Waals surface area contributed by atoms with Crippen molar-refractivity contribution in [3.05, 3.63) is 65.4 Å². The van der Waals surface area contributed by atoms with Gasteiger partial charge in [0.25, 0.3) is 0 Å². The topological polar surface area (TPSA) is 42.2 Å². The van der Waals surface area contributed by atoms with Gasteiger partial charge in [-0.25, -0.2) is 9.37 Å². The summed E-state index contributed by atoms with van der Waals surface area (Å²) in [6.07, 6.45) is 8.83. The number of terminal acetylenes is 1. The van der Waals surface area contributed by atoms with E-state index in [0.29, 0.717) is 23.7 Å². The third-order valence-electron chi connectivity index (χ3n) is 4.25. The maximum atomic E-state index is 13.8. The van der Waals surface area contributed by atoms with Crippen LogP contribution in [0.3, 0.4) is 0 Å². The third kappa shape index (κ3) is 3.11. The quantitative estimate of drug-likeness (QED) is 0.669. The van der Waals surface area contributed by atoms with E-state index in [-0.39, 0.29) is 5.82 Å². The van der Waals surface area contributed by atoms with Crippen molar-refractivity contribution in [3.8, 4) is 23.9 Å². The molecule has 0 saturated carbocycles. The van der Waals surface area contributed by atoms with Gasteiger partial charge in [-0.1, -0.05) is 12.0 Å². The van der Waals surface area contributed by atoms with E-state index in [1.165, 1.54) is 12.1 Å². The van der Waals surface area contributed by atoms with Crippen molar-refractivity contribution in [1.82, 2.24) is 9.97 Å². The summed E-state index contributed by atoms with van der Waals surface area (Å²) in [5.74, 6) is 3.57. The highest BCUT2D eigenvalue weighted by Crippen LogP contribution is 2.28. The molecule has 0 saturated heterocycles. The lowest BCUT2D eigenvalue weighted by molar-refractivity contribution is 0.511. The van der Waals surface area contributed by atoms with Crippen LogP contribution in [0.2, 0.25) is 0 Å². The number of oxazole rings is 1. The Bertz CT molecular complexity index is 943. The van der Waals surface area contributed by atoms with Crippen molar-refractivity contribution in [2.24, 2.45) is 0 Å². The molecule has 0 N–H and O–H groups in total. The molecule has 25 heavy (non-hydrogen) atoms. The molecular weight excluding hydrogens is 317 g/mol. The number of hydrogen-bond donors (Lipinski definition) is 0. The SMILES string of the molecule is C#Cc1cc(F)cc(N2CCCc3oc(-c4ccccn4)nc3C2)c1. The second kappa shape index (κ2) is 6.40. The summed E-state index contributed by atoms with van der Waals surface area (Å²) in [6, 6.07) is 10.3. The van der Waals surface area contributed by atoms with Crippen molar-refractivity contribution in [1.29, 1.82) is 0 Å². The van der Waals surface area contributed by atoms with Crippen LogP contribution in [0.25, 0.3) is 11.6 Å². The van der Waals surface area contributed by atoms with Crippen molar-refractivity contribution in [2.75, 3.05) is 11.4 Å². The van der Waals surface area contributed by atoms with E-state index < -0.39 is 0 Å². The highest BCUT2D eigenvalue weighted by molar-refractivity contribution is 5.54. The van der Waals surface area contributed by atoms with Gasteiger partial charge in [-0.05, 0) is 36.8 Å². The number of nitrogens with zero attached hydrogens (tertiary/aromatic N) is 3. The van der Waals surface area contributed by atoms with Gasteiger partial charge < -0.3 is 9.32 Å². The van der Waals surface area contributed by atoms with E-state index in [9.17, 15) is 4.39 Å². The number of aromatic nitrogens is 2. The van der Waals surface area contributed by atoms with E-state index in [1.54, 1.807) is 6.20 Å². The molecule has 0 atom stereocenters. The van der Waals surface area contributed by atoms with Crippen LogP contribution in [0.15, 0.2) is 47.0 Å². The molecule has 0 aliphatic carbocycles. The van der Waals surface area contributed by atoms with Crippen molar-refractivity contribution in [3.63, 3.8) is 0 Å². The maximum Gasteiger partial charge on any atom is 0.245 e. The molecule has 4 rings (SSSR count). The van der Waals surface area contributed by atoms with Gasteiger partial charge >= 0.3 is 0 Å². The molecule has 1 aliphatic heterocycles. The Morgan fingerprint density at radius 1 is 1.24 bits per heavy atom. The van der Waals surface area contributed by atoms with Crippen LogP contribution in [0.5, 0.6) is 0 Å². The molecule has 3 heterocycles. The standard InChI is InChI=1S/C20H16FN3O/c1-2-14-10-15(21)12-16(11-14)24-9-5-7-19-18(13-24)23-20(25-19)17-6-3-4-8-22-17/h1,3-4,6,8,10-12H,5,7,9,13H2. The fraction of sp³-hybridized carbons (Fsp3) is 0.200. The average molecular weight is 333 g/mol. The van der Waals surface area contributed by atoms with Crippen LogP contribution < -0.4 is 4.90 Å². The molecule has 3 aromatic rings. The van der Waals surface area contributed by atoms with Gasteiger partial charge in [0.1, 0.15) is 23.0 Å². The van der Waals surface area contributed by atoms with Gasteiger partial charge in [-0.3, -0.25) is 4.98 Å². The van der Waals surface area contributed by atoms with E-state index in [2.05, 4.69) is 20.8 Å². The van der Waals surface area contributed by atoms with E-state index in [1.807, 2.05) is 24.3 Å². The summed E-state index contributed by atoms with van der Waals surface area (Å²) >= 11 is 0. The minimum Gasteiger partial charge on any atom is -0.440 e. The number of hydrogen-bond acceptors (Lipinski definition) is 4. The molecule has 0 amide bonds. The fourth-order valence-corrected chi connectivity index (χ4v) is 3.05. The van der Waals surface area contributed by atoms with Gasteiger partial charge in [-0.15, -0.1) is 6.42 Å². The summed E-state index contributed by atoms with van der Waals surface area (Å²) in [5.41, 5.74) is 2.88. The molecule has 0 radical (unpaired) electrons. The smallest absolute Gasteiger partial charge is 0.245 e. The minimum absolute atomic E-state index is 0.329. The predicted molar refractivity (Wildman–Crippen MR) is 93.4 cm³/mol. The summed E-state index contributed by atoms with van der Waals surface area (Å²) in [6.45, 7) is 1.34. The molecule has 5 heteroatoms. The molecule has 1 aromatic carbocycles. The Hall–Kier alpha value is -3.13. The zero-order chi connectivity index (χ0) is 17.2. The van der Waals surface area contributed by atoms with Crippen molar-refractivity contribution in [2.45, 2.75) is 19.4 Å². The van der Waals surface area contributed by atoms with E-state index in [0.717, 1.165) is 36.5 Å². The normalized spacial score (nSPS) is 13.8. The number of benzene rings is 1. The lowest BCUT2D eigenvalue weighted by Crippen LogP contribution is -2.23. The lowest BCUT2D eigenvalue weighted by atomic mass is 10.2. The van der Waals surface area contributed by atoms with Gasteiger partial charge in [0.15, 0.2) is 0 Å². The van der Waals surface area contributed by atoms with Crippen LogP contribution >= 0.6 is 0 Å². The average Bonchev–Trinajstić information content (AvgIpc) is 2.93. The van der Waals surface area contributed by atoms with Crippen LogP contribution in [0.4, 0.5) is 10.1 Å². The monoisotopic (exact) mass is 333 g/mol. The van der Waals surface area contributed by atoms with Crippen LogP contribution in [-0.4, -0.2) is 16.5 Å². The molecule has 0 bridgehead atoms. The van der Waals surface area contributed by atoms with Gasteiger partial charge in [-0.2, -0.15) is 0 Å². The van der Waals surface area contributed by atoms with Gasteiger partial charge in [0, 0.05) is 30.4 Å². The Kier molecular flexibility index (Phi) is 3.95. The largest absolute Gasteiger partial charge is 0.440 e. The van der Waals surface area contributed by atoms with Crippen LogP contribution in [-0.2, 0) is 13.0 Å². The number of fused-ring (bicyclic) bond motifs is 1. The highest BCUT2D eigenvalue weighted by Gasteiger charge is 2.22. The second-order valence-corrected chi connectivity index (χ2v) is 5.97. The number of pyridine rings is 1. The number of aryl methyl sites for hydroxylation is 1. The second-order valence-electron chi connectivity index (χ2n) is 5.97. The maximum absolute atomic E-state index is 13.8. The lowest BCUT2D eigenvalue weighted by Gasteiger charge is -2.22. The molecule has 1 aliphatic rings. The Labute approximate surface area is 145 Å². The first kappa shape index (κ1) is 15.4. The Morgan fingerprint density at radius 3 is 2.96 bits per heavy atom. The summed E-state index contributed by atoms with van der Waals surface area (Å²) < 4.78 is 19.7. The van der Waals surface area contributed by atoms with Gasteiger partial charge in [0.2, 0.25) is 5.89 Å². The molecule has 4 nitrogen and oxygen atoms in total. The first-order chi connectivity index (χ1) is 12.2. The molecule has 0 fully saturated rings. The molecule has 124 valence electrons. The minimum atomic E-state index is -0.329. The molecule has 0 unspecified atom stereocenters. The first-order valence-corrected chi connectivity index (χ1v) is 8.15. The predicted octanol–water partition coefficient (Wildman–Crippen LogP) is 3.81. The zero-order valence-corrected chi connectivity index (χ0v) is 13.6. The van der Waals surface area contributed by atoms with Crippen molar-refractivity contribution >= 4 is 5.69 Å². The molecule has 2 aromatic heterocycles. The Morgan fingerprint density at radius 2 is 2.16 bits per heavy atom. The Balaban J connectivity index is 1.67. The molecular formula is C20H16FN3O.